The van der Waals surface area contributed by atoms with Crippen molar-refractivity contribution >= 4 is 33.3 Å². The number of Topliss-reactive ketones (excluding diaryl/α,β-unsaturated/α-hetero) is 1. The van der Waals surface area contributed by atoms with Crippen molar-refractivity contribution in [2.75, 3.05) is 0 Å². The molecule has 0 bridgehead atoms. The molecule has 2 nitrogen and oxygen atoms in total. The number of nitrogens with zero attached hydrogens (tertiary/aromatic N) is 1. The van der Waals surface area contributed by atoms with Crippen LogP contribution in [0.15, 0.2) is 22.7 Å². The molecule has 4 heteroatoms. The second-order valence-electron chi connectivity index (χ2n) is 2.82. The Morgan fingerprint density at radius 3 is 2.71 bits per heavy atom. The first kappa shape index (κ1) is 11.2. The first-order valence-electron chi connectivity index (χ1n) is 3.90. The second kappa shape index (κ2) is 4.59. The van der Waals surface area contributed by atoms with Crippen molar-refractivity contribution in [2.45, 2.75) is 12.3 Å². The molecule has 0 aromatic heterocycles. The minimum atomic E-state index is -0.640. The largest absolute Gasteiger partial charge is 0.298 e. The van der Waals surface area contributed by atoms with Crippen LogP contribution in [-0.2, 0) is 4.79 Å². The van der Waals surface area contributed by atoms with Crippen LogP contribution >= 0.6 is 27.5 Å². The lowest BCUT2D eigenvalue weighted by molar-refractivity contribution is -0.116. The van der Waals surface area contributed by atoms with Crippen LogP contribution in [0, 0.1) is 11.3 Å². The summed E-state index contributed by atoms with van der Waals surface area (Å²) in [7, 11) is 0. The molecule has 14 heavy (non-hydrogen) atoms. The zero-order valence-electron chi connectivity index (χ0n) is 7.42. The summed E-state index contributed by atoms with van der Waals surface area (Å²) in [6.07, 6.45) is 0. The Labute approximate surface area is 95.6 Å². The summed E-state index contributed by atoms with van der Waals surface area (Å²) in [4.78, 5) is 11.0. The van der Waals surface area contributed by atoms with Gasteiger partial charge in [-0.1, -0.05) is 6.07 Å². The molecule has 0 fully saturated rings. The van der Waals surface area contributed by atoms with E-state index in [1.54, 1.807) is 18.2 Å². The summed E-state index contributed by atoms with van der Waals surface area (Å²) < 4.78 is 0.657. The number of carbonyl (C=O) groups is 1. The Morgan fingerprint density at radius 1 is 1.64 bits per heavy atom. The molecule has 72 valence electrons. The van der Waals surface area contributed by atoms with Crippen molar-refractivity contribution < 1.29 is 4.79 Å². The molecule has 0 aliphatic heterocycles. The van der Waals surface area contributed by atoms with Crippen LogP contribution in [0.1, 0.15) is 23.4 Å². The monoisotopic (exact) mass is 271 g/mol. The maximum absolute atomic E-state index is 11.0. The summed E-state index contributed by atoms with van der Waals surface area (Å²) in [6, 6.07) is 7.03. The van der Waals surface area contributed by atoms with E-state index in [1.807, 2.05) is 6.07 Å². The molecular weight excluding hydrogens is 265 g/mol. The third-order valence-electron chi connectivity index (χ3n) is 1.76. The van der Waals surface area contributed by atoms with Crippen molar-refractivity contribution in [3.05, 3.63) is 33.8 Å². The molecule has 0 aliphatic rings. The molecule has 0 amide bonds. The number of carbonyl (C=O) groups excluding carboxylic acids is 1. The van der Waals surface area contributed by atoms with E-state index >= 15 is 0 Å². The maximum atomic E-state index is 11.0. The Balaban J connectivity index is 3.10. The van der Waals surface area contributed by atoms with Crippen molar-refractivity contribution in [3.63, 3.8) is 0 Å². The molecule has 0 spiro atoms. The molecule has 0 radical (unpaired) electrons. The van der Waals surface area contributed by atoms with Crippen LogP contribution in [0.4, 0.5) is 0 Å². The molecule has 0 saturated carbocycles. The molecule has 0 heterocycles. The highest BCUT2D eigenvalue weighted by molar-refractivity contribution is 9.10. The van der Waals surface area contributed by atoms with Crippen molar-refractivity contribution in [3.8, 4) is 6.07 Å². The number of hydrogen-bond acceptors (Lipinski definition) is 2. The molecular formula is C10H7BrClNO. The second-order valence-corrected chi connectivity index (χ2v) is 4.12. The van der Waals surface area contributed by atoms with Gasteiger partial charge in [-0.3, -0.25) is 4.79 Å². The van der Waals surface area contributed by atoms with Gasteiger partial charge in [-0.25, -0.2) is 0 Å². The quantitative estimate of drug-likeness (QED) is 0.776. The van der Waals surface area contributed by atoms with Crippen molar-refractivity contribution in [2.24, 2.45) is 0 Å². The molecule has 0 aliphatic carbocycles. The molecule has 0 N–H and O–H groups in total. The molecule has 1 aromatic rings. The number of rotatable bonds is 2. The third-order valence-corrected chi connectivity index (χ3v) is 2.98. The van der Waals surface area contributed by atoms with Gasteiger partial charge in [-0.05, 0) is 40.5 Å². The van der Waals surface area contributed by atoms with Gasteiger partial charge in [0.15, 0.2) is 5.78 Å². The Kier molecular flexibility index (Phi) is 3.68. The van der Waals surface area contributed by atoms with E-state index in [1.165, 1.54) is 6.92 Å². The molecule has 1 aromatic carbocycles. The lowest BCUT2D eigenvalue weighted by Gasteiger charge is -2.06. The zero-order chi connectivity index (χ0) is 10.7. The third kappa shape index (κ3) is 2.34. The van der Waals surface area contributed by atoms with Gasteiger partial charge in [0, 0.05) is 4.47 Å². The first-order valence-corrected chi connectivity index (χ1v) is 5.13. The normalized spacial score (nSPS) is 11.9. The summed E-state index contributed by atoms with van der Waals surface area (Å²) in [5, 5.41) is 8.04. The Hall–Kier alpha value is -0.850. The Bertz CT molecular complexity index is 411. The fourth-order valence-corrected chi connectivity index (χ4v) is 1.64. The highest BCUT2D eigenvalue weighted by Gasteiger charge is 2.13. The molecule has 1 rings (SSSR count). The van der Waals surface area contributed by atoms with Crippen molar-refractivity contribution in [1.29, 1.82) is 5.26 Å². The van der Waals surface area contributed by atoms with Crippen LogP contribution in [0.5, 0.6) is 0 Å². The van der Waals surface area contributed by atoms with Crippen LogP contribution in [0.3, 0.4) is 0 Å². The SMILES string of the molecule is CC(=O)C(Cl)c1ccc(C#N)c(Br)c1. The van der Waals surface area contributed by atoms with Gasteiger partial charge >= 0.3 is 0 Å². The van der Waals surface area contributed by atoms with Gasteiger partial charge in [-0.2, -0.15) is 5.26 Å². The molecule has 0 saturated heterocycles. The van der Waals surface area contributed by atoms with Gasteiger partial charge in [0.05, 0.1) is 5.56 Å². The number of alkyl halides is 1. The highest BCUT2D eigenvalue weighted by atomic mass is 79.9. The minimum absolute atomic E-state index is 0.108. The average molecular weight is 273 g/mol. The number of hydrogen-bond donors (Lipinski definition) is 0. The lowest BCUT2D eigenvalue weighted by atomic mass is 10.1. The van der Waals surface area contributed by atoms with Gasteiger partial charge in [0.25, 0.3) is 0 Å². The van der Waals surface area contributed by atoms with E-state index in [0.29, 0.717) is 15.6 Å². The Morgan fingerprint density at radius 2 is 2.29 bits per heavy atom. The summed E-state index contributed by atoms with van der Waals surface area (Å²) in [5.74, 6) is -0.108. The van der Waals surface area contributed by atoms with Gasteiger partial charge < -0.3 is 0 Å². The van der Waals surface area contributed by atoms with E-state index in [4.69, 9.17) is 16.9 Å². The van der Waals surface area contributed by atoms with E-state index in [0.717, 1.165) is 0 Å². The average Bonchev–Trinajstić information content (AvgIpc) is 2.16. The van der Waals surface area contributed by atoms with Crippen LogP contribution < -0.4 is 0 Å². The molecule has 1 atom stereocenters. The summed E-state index contributed by atoms with van der Waals surface area (Å²) in [6.45, 7) is 1.43. The predicted molar refractivity (Wildman–Crippen MR) is 58.1 cm³/mol. The number of halogens is 2. The highest BCUT2D eigenvalue weighted by Crippen LogP contribution is 2.26. The summed E-state index contributed by atoms with van der Waals surface area (Å²) >= 11 is 9.09. The zero-order valence-corrected chi connectivity index (χ0v) is 9.76. The van der Waals surface area contributed by atoms with E-state index in [-0.39, 0.29) is 5.78 Å². The molecule has 1 unspecified atom stereocenters. The standard InChI is InChI=1S/C10H7BrClNO/c1-6(14)10(12)7-2-3-8(5-13)9(11)4-7/h2-4,10H,1H3. The first-order chi connectivity index (χ1) is 6.56. The summed E-state index contributed by atoms with van der Waals surface area (Å²) in [5.41, 5.74) is 1.23. The number of nitriles is 1. The van der Waals surface area contributed by atoms with Crippen molar-refractivity contribution in [1.82, 2.24) is 0 Å². The lowest BCUT2D eigenvalue weighted by Crippen LogP contribution is -2.01. The van der Waals surface area contributed by atoms with E-state index < -0.39 is 5.38 Å². The van der Waals surface area contributed by atoms with Gasteiger partial charge in [0.2, 0.25) is 0 Å². The fourth-order valence-electron chi connectivity index (χ4n) is 1.01. The van der Waals surface area contributed by atoms with Crippen LogP contribution in [-0.4, -0.2) is 5.78 Å². The number of ketones is 1. The van der Waals surface area contributed by atoms with E-state index in [9.17, 15) is 4.79 Å². The minimum Gasteiger partial charge on any atom is -0.298 e. The van der Waals surface area contributed by atoms with Crippen LogP contribution in [0.25, 0.3) is 0 Å². The fraction of sp³-hybridized carbons (Fsp3) is 0.200. The van der Waals surface area contributed by atoms with E-state index in [2.05, 4.69) is 15.9 Å². The van der Waals surface area contributed by atoms with Gasteiger partial charge in [0.1, 0.15) is 11.4 Å². The topological polar surface area (TPSA) is 40.9 Å². The predicted octanol–water partition coefficient (Wildman–Crippen LogP) is 3.19. The van der Waals surface area contributed by atoms with Crippen LogP contribution in [0.2, 0.25) is 0 Å². The maximum Gasteiger partial charge on any atom is 0.152 e. The number of benzene rings is 1. The van der Waals surface area contributed by atoms with Gasteiger partial charge in [-0.15, -0.1) is 11.6 Å². The smallest absolute Gasteiger partial charge is 0.152 e.